The molecule has 1 saturated heterocycles. The van der Waals surface area contributed by atoms with Crippen LogP contribution in [0.25, 0.3) is 0 Å². The molecule has 30 heavy (non-hydrogen) atoms. The monoisotopic (exact) mass is 408 g/mol. The summed E-state index contributed by atoms with van der Waals surface area (Å²) in [5, 5.41) is 9.03. The van der Waals surface area contributed by atoms with Gasteiger partial charge in [-0.1, -0.05) is 12.1 Å². The molecule has 0 radical (unpaired) electrons. The van der Waals surface area contributed by atoms with E-state index in [1.165, 1.54) is 6.92 Å². The highest BCUT2D eigenvalue weighted by atomic mass is 16.5. The lowest BCUT2D eigenvalue weighted by molar-refractivity contribution is -0.153. The normalized spacial score (nSPS) is 19.5. The highest BCUT2D eigenvalue weighted by Gasteiger charge is 2.42. The van der Waals surface area contributed by atoms with Crippen LogP contribution in [-0.4, -0.2) is 32.2 Å². The Morgan fingerprint density at radius 3 is 2.17 bits per heavy atom. The quantitative estimate of drug-likeness (QED) is 0.678. The number of hydrogen-bond acceptors (Lipinski definition) is 6. The molecule has 7 heteroatoms. The smallest absolute Gasteiger partial charge is 0.312 e. The Bertz CT molecular complexity index is 934. The minimum Gasteiger partial charge on any atom is -0.497 e. The lowest BCUT2D eigenvalue weighted by atomic mass is 9.83. The van der Waals surface area contributed by atoms with Crippen LogP contribution in [0.3, 0.4) is 0 Å². The van der Waals surface area contributed by atoms with E-state index in [-0.39, 0.29) is 12.3 Å². The van der Waals surface area contributed by atoms with Gasteiger partial charge in [0.25, 0.3) is 0 Å². The molecule has 1 aliphatic rings. The summed E-state index contributed by atoms with van der Waals surface area (Å²) in [7, 11) is 3.15. The lowest BCUT2D eigenvalue weighted by Crippen LogP contribution is -2.46. The number of amides is 1. The summed E-state index contributed by atoms with van der Waals surface area (Å²) >= 11 is 0. The zero-order valence-corrected chi connectivity index (χ0v) is 17.2. The fraction of sp³-hybridized carbons (Fsp3) is 0.348. The topological polar surface area (TPSA) is 88.9 Å². The number of nitriles is 1. The van der Waals surface area contributed by atoms with Gasteiger partial charge in [0.2, 0.25) is 5.91 Å². The number of nitrogens with zero attached hydrogens (tertiary/aromatic N) is 2. The Morgan fingerprint density at radius 2 is 1.63 bits per heavy atom. The maximum absolute atomic E-state index is 13.0. The molecule has 0 aliphatic carbocycles. The van der Waals surface area contributed by atoms with E-state index in [0.717, 1.165) is 5.56 Å². The second-order valence-electron chi connectivity index (χ2n) is 7.03. The third-order valence-corrected chi connectivity index (χ3v) is 5.18. The van der Waals surface area contributed by atoms with E-state index in [1.807, 2.05) is 18.2 Å². The molecule has 7 nitrogen and oxygen atoms in total. The van der Waals surface area contributed by atoms with Gasteiger partial charge >= 0.3 is 5.97 Å². The molecular formula is C23H24N2O5. The van der Waals surface area contributed by atoms with Crippen molar-refractivity contribution in [3.05, 3.63) is 54.1 Å². The van der Waals surface area contributed by atoms with Crippen LogP contribution in [0, 0.1) is 17.2 Å². The number of anilines is 1. The molecule has 1 heterocycles. The Kier molecular flexibility index (Phi) is 6.58. The number of piperidine rings is 1. The zero-order chi connectivity index (χ0) is 21.7. The summed E-state index contributed by atoms with van der Waals surface area (Å²) in [6.45, 7) is 1.52. The fourth-order valence-corrected chi connectivity index (χ4v) is 3.66. The highest BCUT2D eigenvalue weighted by Crippen LogP contribution is 2.41. The van der Waals surface area contributed by atoms with Crippen molar-refractivity contribution < 1.29 is 23.8 Å². The Morgan fingerprint density at radius 1 is 1.07 bits per heavy atom. The average Bonchev–Trinajstić information content (AvgIpc) is 2.78. The first-order valence-electron chi connectivity index (χ1n) is 9.68. The summed E-state index contributed by atoms with van der Waals surface area (Å²) in [4.78, 5) is 27.5. The average molecular weight is 408 g/mol. The van der Waals surface area contributed by atoms with Crippen LogP contribution in [0.2, 0.25) is 0 Å². The van der Waals surface area contributed by atoms with Crippen LogP contribution < -0.4 is 14.4 Å². The third-order valence-electron chi connectivity index (χ3n) is 5.18. The molecule has 156 valence electrons. The van der Waals surface area contributed by atoms with Crippen molar-refractivity contribution in [2.45, 2.75) is 31.9 Å². The molecule has 0 saturated carbocycles. The molecule has 0 spiro atoms. The zero-order valence-electron chi connectivity index (χ0n) is 17.2. The first kappa shape index (κ1) is 21.2. The lowest BCUT2D eigenvalue weighted by Gasteiger charge is -2.40. The predicted octanol–water partition coefficient (Wildman–Crippen LogP) is 3.64. The van der Waals surface area contributed by atoms with Crippen molar-refractivity contribution in [1.82, 2.24) is 0 Å². The van der Waals surface area contributed by atoms with Gasteiger partial charge in [0.1, 0.15) is 17.6 Å². The number of hydrogen-bond donors (Lipinski definition) is 0. The number of esters is 1. The molecule has 3 atom stereocenters. The van der Waals surface area contributed by atoms with Gasteiger partial charge in [-0.25, -0.2) is 0 Å². The second-order valence-corrected chi connectivity index (χ2v) is 7.03. The van der Waals surface area contributed by atoms with E-state index >= 15 is 0 Å². The van der Waals surface area contributed by atoms with Crippen LogP contribution in [-0.2, 0) is 14.3 Å². The number of rotatable bonds is 6. The largest absolute Gasteiger partial charge is 0.497 e. The SMILES string of the molecule is COc1ccc([C@@H]2[C@@H](C(=O)O[C@H](C)C#N)CCC(=O)N2c2ccc(OC)cc2)cc1. The number of ether oxygens (including phenoxy) is 3. The standard InChI is InChI=1S/C23H24N2O5/c1-15(14-24)30-23(27)20-12-13-21(26)25(17-6-10-19(29-3)11-7-17)22(20)16-4-8-18(28-2)9-5-16/h4-11,15,20,22H,12-13H2,1-3H3/t15-,20+,22-/m1/s1. The van der Waals surface area contributed by atoms with Gasteiger partial charge in [-0.2, -0.15) is 5.26 Å². The maximum atomic E-state index is 13.0. The highest BCUT2D eigenvalue weighted by molar-refractivity contribution is 5.97. The van der Waals surface area contributed by atoms with Crippen LogP contribution in [0.1, 0.15) is 31.4 Å². The van der Waals surface area contributed by atoms with Crippen LogP contribution in [0.15, 0.2) is 48.5 Å². The molecule has 1 fully saturated rings. The van der Waals surface area contributed by atoms with Crippen molar-refractivity contribution >= 4 is 17.6 Å². The second kappa shape index (κ2) is 9.31. The van der Waals surface area contributed by atoms with Crippen LogP contribution in [0.4, 0.5) is 5.69 Å². The number of benzene rings is 2. The van der Waals surface area contributed by atoms with Gasteiger partial charge < -0.3 is 19.1 Å². The molecule has 3 rings (SSSR count). The van der Waals surface area contributed by atoms with Crippen molar-refractivity contribution in [2.75, 3.05) is 19.1 Å². The molecule has 0 unspecified atom stereocenters. The van der Waals surface area contributed by atoms with Crippen molar-refractivity contribution in [3.8, 4) is 17.6 Å². The van der Waals surface area contributed by atoms with Gasteiger partial charge in [-0.05, 0) is 55.3 Å². The first-order valence-corrected chi connectivity index (χ1v) is 9.68. The molecular weight excluding hydrogens is 384 g/mol. The molecule has 2 aromatic carbocycles. The summed E-state index contributed by atoms with van der Waals surface area (Å²) in [6.07, 6.45) is -0.306. The van der Waals surface area contributed by atoms with Gasteiger partial charge in [0.05, 0.1) is 26.2 Å². The van der Waals surface area contributed by atoms with Gasteiger partial charge in [0, 0.05) is 12.1 Å². The number of methoxy groups -OCH3 is 2. The summed E-state index contributed by atoms with van der Waals surface area (Å²) in [6, 6.07) is 15.7. The Balaban J connectivity index is 2.04. The molecule has 2 aromatic rings. The minimum absolute atomic E-state index is 0.0848. The van der Waals surface area contributed by atoms with E-state index < -0.39 is 24.0 Å². The Hall–Kier alpha value is -3.53. The summed E-state index contributed by atoms with van der Waals surface area (Å²) in [5.74, 6) is 0.167. The van der Waals surface area contributed by atoms with Gasteiger partial charge in [0.15, 0.2) is 6.10 Å². The molecule has 0 aromatic heterocycles. The van der Waals surface area contributed by atoms with E-state index in [9.17, 15) is 9.59 Å². The number of carbonyl (C=O) groups excluding carboxylic acids is 2. The third kappa shape index (κ3) is 4.38. The molecule has 0 bridgehead atoms. The minimum atomic E-state index is -0.860. The summed E-state index contributed by atoms with van der Waals surface area (Å²) in [5.41, 5.74) is 1.44. The molecule has 0 N–H and O–H groups in total. The van der Waals surface area contributed by atoms with Crippen LogP contribution in [0.5, 0.6) is 11.5 Å². The Labute approximate surface area is 175 Å². The van der Waals surface area contributed by atoms with E-state index in [0.29, 0.717) is 23.6 Å². The van der Waals surface area contributed by atoms with Gasteiger partial charge in [-0.3, -0.25) is 9.59 Å². The van der Waals surface area contributed by atoms with Crippen molar-refractivity contribution in [3.63, 3.8) is 0 Å². The van der Waals surface area contributed by atoms with E-state index in [1.54, 1.807) is 55.5 Å². The van der Waals surface area contributed by atoms with Gasteiger partial charge in [-0.15, -0.1) is 0 Å². The fourth-order valence-electron chi connectivity index (χ4n) is 3.66. The van der Waals surface area contributed by atoms with E-state index in [4.69, 9.17) is 19.5 Å². The molecule has 1 aliphatic heterocycles. The van der Waals surface area contributed by atoms with E-state index in [2.05, 4.69) is 0 Å². The summed E-state index contributed by atoms with van der Waals surface area (Å²) < 4.78 is 15.8. The van der Waals surface area contributed by atoms with Crippen molar-refractivity contribution in [1.29, 1.82) is 5.26 Å². The predicted molar refractivity (Wildman–Crippen MR) is 110 cm³/mol. The number of carbonyl (C=O) groups is 2. The van der Waals surface area contributed by atoms with Crippen LogP contribution >= 0.6 is 0 Å². The maximum Gasteiger partial charge on any atom is 0.312 e. The van der Waals surface area contributed by atoms with Crippen molar-refractivity contribution in [2.24, 2.45) is 5.92 Å². The molecule has 1 amide bonds. The first-order chi connectivity index (χ1) is 14.5.